The zero-order chi connectivity index (χ0) is 24.7. The Morgan fingerprint density at radius 3 is 2.71 bits per heavy atom. The van der Waals surface area contributed by atoms with E-state index in [0.29, 0.717) is 29.4 Å². The molecule has 2 unspecified atom stereocenters. The molecule has 11 nitrogen and oxygen atoms in total. The Hall–Kier alpha value is -4.41. The molecule has 1 aliphatic rings. The molecule has 0 radical (unpaired) electrons. The first-order chi connectivity index (χ1) is 16.7. The van der Waals surface area contributed by atoms with E-state index in [4.69, 9.17) is 9.52 Å². The monoisotopic (exact) mass is 475 g/mol. The Morgan fingerprint density at radius 1 is 1.23 bits per heavy atom. The molecule has 2 amide bonds. The Kier molecular flexibility index (Phi) is 5.39. The molecule has 4 aromatic heterocycles. The van der Waals surface area contributed by atoms with Crippen LogP contribution in [0.3, 0.4) is 0 Å². The molecule has 180 valence electrons. The number of hydrogen-bond donors (Lipinski definition) is 3. The number of likely N-dealkylation sites (tertiary alicyclic amines) is 1. The Labute approximate surface area is 200 Å². The van der Waals surface area contributed by atoms with Gasteiger partial charge in [-0.3, -0.25) is 19.6 Å². The molecule has 5 heterocycles. The Bertz CT molecular complexity index is 1350. The fourth-order valence-electron chi connectivity index (χ4n) is 4.48. The number of carbonyl (C=O) groups is 2. The van der Waals surface area contributed by atoms with Gasteiger partial charge in [-0.2, -0.15) is 10.2 Å². The lowest BCUT2D eigenvalue weighted by Crippen LogP contribution is -2.63. The molecule has 1 fully saturated rings. The second-order valence-electron chi connectivity index (χ2n) is 9.50. The molecule has 4 aromatic rings. The number of carbonyl (C=O) groups excluding carboxylic acids is 1. The van der Waals surface area contributed by atoms with Crippen LogP contribution in [0, 0.1) is 5.41 Å². The Balaban J connectivity index is 1.46. The predicted molar refractivity (Wildman–Crippen MR) is 127 cm³/mol. The minimum Gasteiger partial charge on any atom is -0.465 e. The number of hydrogen-bond acceptors (Lipinski definition) is 6. The van der Waals surface area contributed by atoms with Crippen LogP contribution in [0.4, 0.5) is 10.5 Å². The van der Waals surface area contributed by atoms with E-state index in [1.807, 2.05) is 26.8 Å². The first-order valence-electron chi connectivity index (χ1n) is 11.1. The minimum absolute atomic E-state index is 0.134. The SMILES string of the molecule is CC(C)(C)C1C(n2cc(NC(=O)c3ccc(-c4cn[nH]c4)o3)c(-c3ccccn3)n2)CN1C(=O)O. The number of nitrogens with one attached hydrogen (secondary N) is 2. The maximum Gasteiger partial charge on any atom is 0.407 e. The molecule has 2 atom stereocenters. The van der Waals surface area contributed by atoms with Crippen LogP contribution in [0.15, 0.2) is 59.5 Å². The van der Waals surface area contributed by atoms with Crippen LogP contribution in [0.25, 0.3) is 22.7 Å². The van der Waals surface area contributed by atoms with Crippen molar-refractivity contribution >= 4 is 17.7 Å². The summed E-state index contributed by atoms with van der Waals surface area (Å²) in [4.78, 5) is 30.6. The standard InChI is InChI=1S/C24H25N7O4/c1-24(2,3)21-17(13-30(21)23(33)34)31-12-16(20(29-31)15-6-4-5-9-25-15)28-22(32)19-8-7-18(35-19)14-10-26-27-11-14/h4-12,17,21H,13H2,1-3H3,(H,26,27)(H,28,32)(H,33,34). The van der Waals surface area contributed by atoms with Gasteiger partial charge in [-0.25, -0.2) is 4.79 Å². The van der Waals surface area contributed by atoms with Crippen molar-refractivity contribution in [1.29, 1.82) is 0 Å². The summed E-state index contributed by atoms with van der Waals surface area (Å²) in [5.41, 5.74) is 1.95. The van der Waals surface area contributed by atoms with Crippen molar-refractivity contribution in [2.24, 2.45) is 5.41 Å². The summed E-state index contributed by atoms with van der Waals surface area (Å²) in [6.45, 7) is 6.31. The number of carboxylic acid groups (broad SMARTS) is 1. The zero-order valence-corrected chi connectivity index (χ0v) is 19.5. The molecule has 0 saturated carbocycles. The highest BCUT2D eigenvalue weighted by Crippen LogP contribution is 2.42. The molecule has 0 aromatic carbocycles. The van der Waals surface area contributed by atoms with Gasteiger partial charge in [0.1, 0.15) is 11.5 Å². The first kappa shape index (κ1) is 22.4. The lowest BCUT2D eigenvalue weighted by Gasteiger charge is -2.52. The summed E-state index contributed by atoms with van der Waals surface area (Å²) in [7, 11) is 0. The molecule has 11 heteroatoms. The molecule has 0 aliphatic carbocycles. The van der Waals surface area contributed by atoms with Crippen molar-refractivity contribution in [3.63, 3.8) is 0 Å². The van der Waals surface area contributed by atoms with Crippen molar-refractivity contribution in [2.75, 3.05) is 11.9 Å². The van der Waals surface area contributed by atoms with E-state index in [0.717, 1.165) is 5.56 Å². The largest absolute Gasteiger partial charge is 0.465 e. The van der Waals surface area contributed by atoms with Gasteiger partial charge in [0.15, 0.2) is 5.76 Å². The van der Waals surface area contributed by atoms with E-state index in [1.165, 1.54) is 4.90 Å². The highest BCUT2D eigenvalue weighted by molar-refractivity contribution is 6.04. The van der Waals surface area contributed by atoms with E-state index in [9.17, 15) is 14.7 Å². The quantitative estimate of drug-likeness (QED) is 0.394. The number of rotatable bonds is 5. The molecule has 3 N–H and O–H groups in total. The summed E-state index contributed by atoms with van der Waals surface area (Å²) in [6, 6.07) is 8.27. The third-order valence-electron chi connectivity index (χ3n) is 6.06. The van der Waals surface area contributed by atoms with Crippen molar-refractivity contribution in [2.45, 2.75) is 32.9 Å². The van der Waals surface area contributed by atoms with Crippen molar-refractivity contribution < 1.29 is 19.1 Å². The fraction of sp³-hybridized carbons (Fsp3) is 0.292. The summed E-state index contributed by atoms with van der Waals surface area (Å²) in [5, 5.41) is 23.8. The maximum atomic E-state index is 13.0. The van der Waals surface area contributed by atoms with Gasteiger partial charge in [0.25, 0.3) is 5.91 Å². The third kappa shape index (κ3) is 4.16. The highest BCUT2D eigenvalue weighted by Gasteiger charge is 2.50. The third-order valence-corrected chi connectivity index (χ3v) is 6.06. The average molecular weight is 476 g/mol. The van der Waals surface area contributed by atoms with Crippen LogP contribution < -0.4 is 5.32 Å². The molecule has 0 spiro atoms. The molecule has 35 heavy (non-hydrogen) atoms. The van der Waals surface area contributed by atoms with Gasteiger partial charge in [0, 0.05) is 25.1 Å². The smallest absolute Gasteiger partial charge is 0.407 e. The number of furan rings is 1. The molecule has 0 bridgehead atoms. The van der Waals surface area contributed by atoms with E-state index >= 15 is 0 Å². The summed E-state index contributed by atoms with van der Waals surface area (Å²) in [6.07, 6.45) is 5.70. The number of H-pyrrole nitrogens is 1. The zero-order valence-electron chi connectivity index (χ0n) is 19.5. The number of aromatic nitrogens is 5. The molecular weight excluding hydrogens is 450 g/mol. The number of anilines is 1. The second-order valence-corrected chi connectivity index (χ2v) is 9.50. The number of amides is 2. The average Bonchev–Trinajstić information content (AvgIpc) is 3.53. The first-order valence-corrected chi connectivity index (χ1v) is 11.1. The van der Waals surface area contributed by atoms with Crippen LogP contribution in [-0.2, 0) is 0 Å². The normalized spacial score (nSPS) is 17.7. The fourth-order valence-corrected chi connectivity index (χ4v) is 4.48. The Morgan fingerprint density at radius 2 is 2.06 bits per heavy atom. The van der Waals surface area contributed by atoms with Crippen molar-refractivity contribution in [3.05, 3.63) is 60.9 Å². The lowest BCUT2D eigenvalue weighted by molar-refractivity contribution is -0.0318. The van der Waals surface area contributed by atoms with Gasteiger partial charge in [-0.05, 0) is 29.7 Å². The van der Waals surface area contributed by atoms with Crippen molar-refractivity contribution in [1.82, 2.24) is 29.9 Å². The van der Waals surface area contributed by atoms with Gasteiger partial charge < -0.3 is 19.7 Å². The van der Waals surface area contributed by atoms with Crippen LogP contribution in [0.5, 0.6) is 0 Å². The molecule has 1 aliphatic heterocycles. The van der Waals surface area contributed by atoms with Crippen LogP contribution in [-0.4, -0.2) is 59.6 Å². The molecular formula is C24H25N7O4. The lowest BCUT2D eigenvalue weighted by atomic mass is 9.76. The number of pyridine rings is 1. The van der Waals surface area contributed by atoms with E-state index in [-0.39, 0.29) is 23.3 Å². The van der Waals surface area contributed by atoms with Crippen LogP contribution >= 0.6 is 0 Å². The van der Waals surface area contributed by atoms with E-state index in [2.05, 4.69) is 20.5 Å². The van der Waals surface area contributed by atoms with Gasteiger partial charge in [-0.15, -0.1) is 0 Å². The topological polar surface area (TPSA) is 142 Å². The number of aromatic amines is 1. The van der Waals surface area contributed by atoms with Crippen molar-refractivity contribution in [3.8, 4) is 22.7 Å². The maximum absolute atomic E-state index is 13.0. The summed E-state index contributed by atoms with van der Waals surface area (Å²) < 4.78 is 7.44. The number of nitrogens with zero attached hydrogens (tertiary/aromatic N) is 5. The van der Waals surface area contributed by atoms with Crippen LogP contribution in [0.2, 0.25) is 0 Å². The van der Waals surface area contributed by atoms with Gasteiger partial charge in [-0.1, -0.05) is 26.8 Å². The molecule has 5 rings (SSSR count). The molecule has 1 saturated heterocycles. The predicted octanol–water partition coefficient (Wildman–Crippen LogP) is 4.13. The minimum atomic E-state index is -0.960. The summed E-state index contributed by atoms with van der Waals surface area (Å²) in [5.74, 6) is 0.208. The second kappa shape index (κ2) is 8.42. The van der Waals surface area contributed by atoms with Gasteiger partial charge in [0.05, 0.1) is 35.2 Å². The van der Waals surface area contributed by atoms with E-state index < -0.39 is 12.0 Å². The van der Waals surface area contributed by atoms with Gasteiger partial charge in [0.2, 0.25) is 0 Å². The van der Waals surface area contributed by atoms with Crippen LogP contribution in [0.1, 0.15) is 37.4 Å². The van der Waals surface area contributed by atoms with E-state index in [1.54, 1.807) is 53.7 Å². The highest BCUT2D eigenvalue weighted by atomic mass is 16.4. The van der Waals surface area contributed by atoms with Gasteiger partial charge >= 0.3 is 6.09 Å². The summed E-state index contributed by atoms with van der Waals surface area (Å²) >= 11 is 0.